The molecule has 1 aliphatic carbocycles. The molecular formula is C82H74O13. The minimum Gasteiger partial charge on any atom is -0.507 e. The van der Waals surface area contributed by atoms with Gasteiger partial charge < -0.3 is 39.4 Å². The molecule has 0 amide bonds. The molecule has 10 aromatic rings. The Labute approximate surface area is 553 Å². The summed E-state index contributed by atoms with van der Waals surface area (Å²) in [5.41, 5.74) is 7.17. The Bertz CT molecular complexity index is 4420. The van der Waals surface area contributed by atoms with Crippen molar-refractivity contribution in [1.82, 2.24) is 0 Å². The van der Waals surface area contributed by atoms with Crippen molar-refractivity contribution in [1.29, 1.82) is 0 Å². The Morgan fingerprint density at radius 2 is 0.832 bits per heavy atom. The molecule has 0 spiro atoms. The Balaban J connectivity index is 0.000000185. The summed E-state index contributed by atoms with van der Waals surface area (Å²) in [7, 11) is 4.81. The first kappa shape index (κ1) is 72.1. The van der Waals surface area contributed by atoms with E-state index in [1.165, 1.54) is 28.4 Å². The molecule has 4 N–H and O–H groups in total. The van der Waals surface area contributed by atoms with Crippen molar-refractivity contribution in [3.05, 3.63) is 366 Å². The van der Waals surface area contributed by atoms with E-state index in [9.17, 15) is 44.4 Å². The lowest BCUT2D eigenvalue weighted by Gasteiger charge is -2.37. The summed E-state index contributed by atoms with van der Waals surface area (Å²) in [5.74, 6) is 1.50. The number of aliphatic hydroxyl groups excluding tert-OH is 3. The number of aliphatic hydroxyl groups is 4. The average molecular weight is 1270 g/mol. The fraction of sp³-hybridized carbons (Fsp3) is 0.110. The van der Waals surface area contributed by atoms with Gasteiger partial charge in [0.05, 0.1) is 39.6 Å². The Morgan fingerprint density at radius 1 is 0.442 bits per heavy atom. The van der Waals surface area contributed by atoms with Gasteiger partial charge in [-0.3, -0.25) is 4.79 Å². The zero-order valence-electron chi connectivity index (χ0n) is 53.6. The number of carbonyl (C=O) groups excluding carboxylic acids is 5. The first-order valence-corrected chi connectivity index (χ1v) is 29.8. The minimum absolute atomic E-state index is 0.0914. The van der Waals surface area contributed by atoms with Crippen LogP contribution in [0.4, 0.5) is 0 Å². The van der Waals surface area contributed by atoms with Crippen LogP contribution in [-0.2, 0) is 50.1 Å². The lowest BCUT2D eigenvalue weighted by molar-refractivity contribution is -0.141. The van der Waals surface area contributed by atoms with Crippen molar-refractivity contribution in [2.24, 2.45) is 0 Å². The molecule has 0 saturated heterocycles. The van der Waals surface area contributed by atoms with Crippen LogP contribution in [0.15, 0.2) is 284 Å². The van der Waals surface area contributed by atoms with Gasteiger partial charge in [0.1, 0.15) is 23.2 Å². The summed E-state index contributed by atoms with van der Waals surface area (Å²) in [6.45, 7) is 11.7. The number of methoxy groups -OCH3 is 4. The van der Waals surface area contributed by atoms with Gasteiger partial charge >= 0.3 is 23.9 Å². The van der Waals surface area contributed by atoms with Gasteiger partial charge in [-0.2, -0.15) is 0 Å². The van der Waals surface area contributed by atoms with Crippen LogP contribution in [0.25, 0.3) is 24.7 Å². The van der Waals surface area contributed by atoms with Crippen molar-refractivity contribution in [2.45, 2.75) is 32.0 Å². The van der Waals surface area contributed by atoms with Crippen LogP contribution in [-0.4, -0.2) is 78.5 Å². The van der Waals surface area contributed by atoms with Crippen molar-refractivity contribution >= 4 is 54.3 Å². The Morgan fingerprint density at radius 3 is 1.28 bits per heavy atom. The van der Waals surface area contributed by atoms with Crippen LogP contribution in [0, 0.1) is 25.7 Å². The number of carbonyl (C=O) groups is 5. The monoisotopic (exact) mass is 1270 g/mol. The molecule has 1 aliphatic rings. The van der Waals surface area contributed by atoms with Gasteiger partial charge in [-0.05, 0) is 63.2 Å². The van der Waals surface area contributed by atoms with Crippen molar-refractivity contribution in [3.63, 3.8) is 0 Å². The molecule has 11 rings (SSSR count). The third-order valence-electron chi connectivity index (χ3n) is 14.8. The summed E-state index contributed by atoms with van der Waals surface area (Å²) in [4.78, 5) is 57.4. The van der Waals surface area contributed by atoms with Gasteiger partial charge in [-0.15, -0.1) is 0 Å². The van der Waals surface area contributed by atoms with Gasteiger partial charge in [0.25, 0.3) is 0 Å². The van der Waals surface area contributed by atoms with Crippen LogP contribution < -0.4 is 20.9 Å². The molecule has 10 aromatic carbocycles. The van der Waals surface area contributed by atoms with E-state index >= 15 is 0 Å². The van der Waals surface area contributed by atoms with Crippen LogP contribution in [0.3, 0.4) is 0 Å². The summed E-state index contributed by atoms with van der Waals surface area (Å²) in [6, 6.07) is 84.6. The van der Waals surface area contributed by atoms with Crippen LogP contribution in [0.2, 0.25) is 0 Å². The molecule has 0 bridgehead atoms. The largest absolute Gasteiger partial charge is 0.507 e. The molecule has 0 aromatic heterocycles. The van der Waals surface area contributed by atoms with Crippen LogP contribution in [0.1, 0.15) is 72.1 Å². The highest BCUT2D eigenvalue weighted by Gasteiger charge is 2.48. The van der Waals surface area contributed by atoms with Gasteiger partial charge in [0.2, 0.25) is 0 Å². The average Bonchev–Trinajstić information content (AvgIpc) is 0.728. The number of aryl methyl sites for hydroxylation is 2. The molecule has 2 unspecified atom stereocenters. The maximum absolute atomic E-state index is 12.5. The number of ether oxygens (including phenoxy) is 4. The van der Waals surface area contributed by atoms with Crippen LogP contribution >= 0.6 is 0 Å². The fourth-order valence-corrected chi connectivity index (χ4v) is 9.80. The molecular weight excluding hydrogens is 1190 g/mol. The highest BCUT2D eigenvalue weighted by molar-refractivity contribution is 6.10. The number of benzene rings is 10. The molecule has 95 heavy (non-hydrogen) atoms. The fourth-order valence-electron chi connectivity index (χ4n) is 9.80. The smallest absolute Gasteiger partial charge is 0.384 e. The lowest BCUT2D eigenvalue weighted by Crippen LogP contribution is -2.40. The van der Waals surface area contributed by atoms with E-state index in [0.717, 1.165) is 70.9 Å². The maximum Gasteiger partial charge on any atom is 0.384 e. The molecule has 0 heterocycles. The normalized spacial score (nSPS) is 13.2. The van der Waals surface area contributed by atoms with E-state index in [2.05, 4.69) is 22.6 Å². The third-order valence-corrected chi connectivity index (χ3v) is 14.8. The summed E-state index contributed by atoms with van der Waals surface area (Å²) in [5, 5.41) is 45.2. The SMILES string of the molecule is C=c1cccc/c1=C(/O)c1ccccc1.C=c1cccc/c1=C(\O)c1ccccc1.COC(=O)C#CC(=O)OC.COC(=O)C1=C(C(=O)OC)C(O)(c2ccccc2)c2ccccc2C1.Cc1ccccc1C(=O)c1ccccc1.Cc1ccccc1C(O)c1ccccc1. The topological polar surface area (TPSA) is 203 Å². The van der Waals surface area contributed by atoms with E-state index in [0.29, 0.717) is 11.1 Å². The number of fused-ring (bicyclic) bond motifs is 1. The first-order chi connectivity index (χ1) is 45.9. The number of esters is 4. The van der Waals surface area contributed by atoms with Crippen molar-refractivity contribution in [3.8, 4) is 11.8 Å². The molecule has 13 nitrogen and oxygen atoms in total. The zero-order chi connectivity index (χ0) is 68.7. The second kappa shape index (κ2) is 36.8. The standard InChI is InChI=1S/C20H18O5.C14H14O.3C14H12O.C6H6O4/c1-24-18(21)15-12-13-8-6-7-11-16(13)20(23,17(15)19(22)25-2)14-9-4-3-5-10-14;4*1-11-7-5-6-10-13(11)14(15)12-8-3-2-4-9-12;1-9-5(7)3-4-6(8)10-2/h3-11,23H,12H2,1-2H3;2-10,14-15H,1H3;2-10H,1H3;2*2-10,15H,1H2;1-2H3/b;;;14-13+;14-13-;. The first-order valence-electron chi connectivity index (χ1n) is 29.8. The number of hydrogen-bond donors (Lipinski definition) is 4. The number of rotatable bonds is 9. The van der Waals surface area contributed by atoms with Gasteiger partial charge in [0.15, 0.2) is 5.78 Å². The van der Waals surface area contributed by atoms with Crippen molar-refractivity contribution < 1.29 is 63.3 Å². The molecule has 480 valence electrons. The summed E-state index contributed by atoms with van der Waals surface area (Å²) in [6.07, 6.45) is -0.338. The summed E-state index contributed by atoms with van der Waals surface area (Å²) < 4.78 is 18.0. The molecule has 0 radical (unpaired) electrons. The molecule has 0 aliphatic heterocycles. The van der Waals surface area contributed by atoms with E-state index in [1.807, 2.05) is 262 Å². The quantitative estimate of drug-likeness (QED) is 0.0350. The molecule has 2 atom stereocenters. The minimum atomic E-state index is -1.80. The molecule has 13 heteroatoms. The third kappa shape index (κ3) is 20.0. The van der Waals surface area contributed by atoms with Gasteiger partial charge in [-0.25, -0.2) is 19.2 Å². The Hall–Kier alpha value is -12.0. The van der Waals surface area contributed by atoms with Gasteiger partial charge in [0, 0.05) is 51.0 Å². The van der Waals surface area contributed by atoms with Crippen molar-refractivity contribution in [2.75, 3.05) is 28.4 Å². The second-order valence-electron chi connectivity index (χ2n) is 20.9. The highest BCUT2D eigenvalue weighted by Crippen LogP contribution is 2.45. The van der Waals surface area contributed by atoms with E-state index in [4.69, 9.17) is 9.47 Å². The zero-order valence-corrected chi connectivity index (χ0v) is 53.6. The predicted octanol–water partition coefficient (Wildman–Crippen LogP) is 11.4. The predicted molar refractivity (Wildman–Crippen MR) is 371 cm³/mol. The van der Waals surface area contributed by atoms with Crippen LogP contribution in [0.5, 0.6) is 0 Å². The van der Waals surface area contributed by atoms with E-state index < -0.39 is 35.6 Å². The molecule has 0 fully saturated rings. The van der Waals surface area contributed by atoms with E-state index in [1.54, 1.807) is 36.4 Å². The molecule has 0 saturated carbocycles. The highest BCUT2D eigenvalue weighted by atomic mass is 16.5. The van der Waals surface area contributed by atoms with Gasteiger partial charge in [-0.1, -0.05) is 286 Å². The second-order valence-corrected chi connectivity index (χ2v) is 20.9. The number of hydrogen-bond acceptors (Lipinski definition) is 13. The maximum atomic E-state index is 12.5. The van der Waals surface area contributed by atoms with E-state index in [-0.39, 0.29) is 34.9 Å². The Kier molecular flexibility index (Phi) is 27.9. The number of ketones is 1. The lowest BCUT2D eigenvalue weighted by atomic mass is 9.71. The summed E-state index contributed by atoms with van der Waals surface area (Å²) >= 11 is 0.